The highest BCUT2D eigenvalue weighted by Gasteiger charge is 2.61. The predicted molar refractivity (Wildman–Crippen MR) is 133 cm³/mol. The van der Waals surface area contributed by atoms with Crippen molar-refractivity contribution < 1.29 is 5.11 Å². The van der Waals surface area contributed by atoms with Gasteiger partial charge in [-0.2, -0.15) is 0 Å². The van der Waals surface area contributed by atoms with E-state index in [0.717, 1.165) is 42.4 Å². The van der Waals surface area contributed by atoms with Gasteiger partial charge in [-0.3, -0.25) is 0 Å². The van der Waals surface area contributed by atoms with Gasteiger partial charge in [0.05, 0.1) is 6.10 Å². The number of allylic oxidation sites excluding steroid dienone is 2. The molecule has 1 N–H and O–H groups in total. The fourth-order valence-corrected chi connectivity index (χ4v) is 9.64. The lowest BCUT2D eigenvalue weighted by atomic mass is 9.43. The van der Waals surface area contributed by atoms with E-state index in [2.05, 4.69) is 54.5 Å². The van der Waals surface area contributed by atoms with E-state index < -0.39 is 0 Å². The van der Waals surface area contributed by atoms with Gasteiger partial charge in [-0.1, -0.05) is 79.4 Å². The lowest BCUT2D eigenvalue weighted by molar-refractivity contribution is -0.135. The van der Waals surface area contributed by atoms with E-state index >= 15 is 0 Å². The fraction of sp³-hybridized carbons (Fsp3) is 0.933. The monoisotopic (exact) mass is 428 g/mol. The normalized spacial score (nSPS) is 48.0. The highest BCUT2D eigenvalue weighted by Crippen LogP contribution is 2.69. The zero-order chi connectivity index (χ0) is 22.6. The molecule has 4 aliphatic rings. The molecule has 3 fully saturated rings. The van der Waals surface area contributed by atoms with Crippen LogP contribution in [0.1, 0.15) is 119 Å². The molecule has 0 aliphatic heterocycles. The summed E-state index contributed by atoms with van der Waals surface area (Å²) in [5.74, 6) is 4.91. The van der Waals surface area contributed by atoms with Crippen molar-refractivity contribution in [3.05, 3.63) is 11.6 Å². The smallest absolute Gasteiger partial charge is 0.0596 e. The molecule has 3 saturated carbocycles. The van der Waals surface area contributed by atoms with Crippen LogP contribution in [0.5, 0.6) is 0 Å². The zero-order valence-corrected chi connectivity index (χ0v) is 21.8. The van der Waals surface area contributed by atoms with Crippen LogP contribution < -0.4 is 0 Å². The summed E-state index contributed by atoms with van der Waals surface area (Å²) in [6.07, 6.45) is 17.2. The lowest BCUT2D eigenvalue weighted by Crippen LogP contribution is -2.57. The molecule has 0 bridgehead atoms. The van der Waals surface area contributed by atoms with Gasteiger partial charge in [0.25, 0.3) is 0 Å². The molecule has 0 aromatic heterocycles. The second-order valence-electron chi connectivity index (χ2n) is 13.5. The number of hydrogen-bond acceptors (Lipinski definition) is 1. The Balaban J connectivity index is 1.56. The van der Waals surface area contributed by atoms with Crippen LogP contribution in [0.3, 0.4) is 0 Å². The molecule has 4 aliphatic carbocycles. The molecular weight excluding hydrogens is 376 g/mol. The van der Waals surface area contributed by atoms with Crippen LogP contribution in [0.25, 0.3) is 0 Å². The molecule has 1 heteroatoms. The van der Waals surface area contributed by atoms with Crippen molar-refractivity contribution in [1.82, 2.24) is 0 Å². The summed E-state index contributed by atoms with van der Waals surface area (Å²) >= 11 is 0. The second-order valence-corrected chi connectivity index (χ2v) is 13.5. The molecule has 31 heavy (non-hydrogen) atoms. The number of aliphatic hydroxyl groups excluding tert-OH is 1. The van der Waals surface area contributed by atoms with Crippen molar-refractivity contribution in [3.8, 4) is 0 Å². The maximum absolute atomic E-state index is 10.9. The van der Waals surface area contributed by atoms with Gasteiger partial charge in [-0.15, -0.1) is 0 Å². The van der Waals surface area contributed by atoms with E-state index in [1.807, 2.05) is 5.57 Å². The molecule has 0 aromatic carbocycles. The van der Waals surface area contributed by atoms with E-state index in [1.165, 1.54) is 57.8 Å². The van der Waals surface area contributed by atoms with Crippen molar-refractivity contribution in [3.63, 3.8) is 0 Å². The van der Waals surface area contributed by atoms with Gasteiger partial charge >= 0.3 is 0 Å². The van der Waals surface area contributed by atoms with Crippen molar-refractivity contribution in [2.24, 2.45) is 51.8 Å². The van der Waals surface area contributed by atoms with Crippen LogP contribution in [0.4, 0.5) is 0 Å². The third-order valence-corrected chi connectivity index (χ3v) is 11.8. The van der Waals surface area contributed by atoms with Crippen LogP contribution >= 0.6 is 0 Å². The van der Waals surface area contributed by atoms with E-state index in [1.54, 1.807) is 0 Å². The van der Waals surface area contributed by atoms with Crippen molar-refractivity contribution in [2.75, 3.05) is 0 Å². The minimum absolute atomic E-state index is 0.0962. The average molecular weight is 429 g/mol. The summed E-state index contributed by atoms with van der Waals surface area (Å²) in [4.78, 5) is 0. The first-order valence-corrected chi connectivity index (χ1v) is 14.0. The third-order valence-electron chi connectivity index (χ3n) is 11.8. The van der Waals surface area contributed by atoms with Gasteiger partial charge in [-0.05, 0) is 103 Å². The van der Waals surface area contributed by atoms with Gasteiger partial charge in [0, 0.05) is 0 Å². The number of hydrogen-bond donors (Lipinski definition) is 1. The Bertz CT molecular complexity index is 678. The molecule has 9 atom stereocenters. The maximum Gasteiger partial charge on any atom is 0.0596 e. The maximum atomic E-state index is 10.9. The molecule has 0 amide bonds. The summed E-state index contributed by atoms with van der Waals surface area (Å²) in [7, 11) is 0. The third kappa shape index (κ3) is 3.68. The minimum atomic E-state index is -0.109. The number of fused-ring (bicyclic) bond motifs is 5. The zero-order valence-electron chi connectivity index (χ0n) is 21.8. The fourth-order valence-electron chi connectivity index (χ4n) is 9.64. The number of rotatable bonds is 6. The summed E-state index contributed by atoms with van der Waals surface area (Å²) in [6.45, 7) is 17.3. The predicted octanol–water partition coefficient (Wildman–Crippen LogP) is 8.41. The highest BCUT2D eigenvalue weighted by atomic mass is 16.3. The van der Waals surface area contributed by atoms with Crippen LogP contribution in [-0.2, 0) is 0 Å². The van der Waals surface area contributed by atoms with Crippen molar-refractivity contribution >= 4 is 0 Å². The first-order valence-electron chi connectivity index (χ1n) is 14.0. The van der Waals surface area contributed by atoms with Crippen LogP contribution in [0.2, 0.25) is 0 Å². The summed E-state index contributed by atoms with van der Waals surface area (Å²) in [5, 5.41) is 10.9. The van der Waals surface area contributed by atoms with Gasteiger partial charge < -0.3 is 5.11 Å². The molecule has 0 aromatic rings. The molecule has 1 unspecified atom stereocenters. The van der Waals surface area contributed by atoms with Crippen molar-refractivity contribution in [2.45, 2.75) is 125 Å². The largest absolute Gasteiger partial charge is 0.393 e. The Kier molecular flexibility index (Phi) is 6.53. The van der Waals surface area contributed by atoms with Crippen LogP contribution in [0.15, 0.2) is 11.6 Å². The molecule has 0 spiro atoms. The van der Waals surface area contributed by atoms with Crippen LogP contribution in [0, 0.1) is 51.8 Å². The van der Waals surface area contributed by atoms with E-state index in [-0.39, 0.29) is 11.5 Å². The molecule has 1 nitrogen and oxygen atoms in total. The summed E-state index contributed by atoms with van der Waals surface area (Å²) in [5.41, 5.74) is 2.90. The molecule has 4 rings (SSSR count). The first kappa shape index (κ1) is 23.8. The van der Waals surface area contributed by atoms with E-state index in [0.29, 0.717) is 16.7 Å². The molecule has 0 heterocycles. The Morgan fingerprint density at radius 3 is 2.29 bits per heavy atom. The molecule has 0 radical (unpaired) electrons. The van der Waals surface area contributed by atoms with Gasteiger partial charge in [-0.25, -0.2) is 0 Å². The SMILES string of the molecule is CC[C@@]1(C)C2CC=C3[C@@H]4CC[C@H]([C@H](C)CCCC(C)C)[C@@]4(C)CC[C@@H]3[C@@]2(C)CC[C@@H]1O. The summed E-state index contributed by atoms with van der Waals surface area (Å²) < 4.78 is 0. The first-order chi connectivity index (χ1) is 14.6. The Morgan fingerprint density at radius 1 is 0.935 bits per heavy atom. The van der Waals surface area contributed by atoms with Gasteiger partial charge in [0.15, 0.2) is 0 Å². The topological polar surface area (TPSA) is 20.2 Å². The second kappa shape index (κ2) is 8.48. The Hall–Kier alpha value is -0.300. The van der Waals surface area contributed by atoms with E-state index in [9.17, 15) is 5.11 Å². The molecule has 0 saturated heterocycles. The highest BCUT2D eigenvalue weighted by molar-refractivity contribution is 5.29. The Morgan fingerprint density at radius 2 is 1.61 bits per heavy atom. The average Bonchev–Trinajstić information content (AvgIpc) is 3.08. The standard InChI is InChI=1S/C30H52O/c1-8-28(5)26-15-12-22-24-14-13-23(21(4)11-9-10-20(2)3)29(24,6)18-16-25(22)30(26,7)19-17-27(28)31/h12,20-21,23-27,31H,8-11,13-19H2,1-7H3/t21-,23-,24+,25+,26?,27+,28+,29-,30-/m1/s1. The van der Waals surface area contributed by atoms with Gasteiger partial charge in [0.2, 0.25) is 0 Å². The quantitative estimate of drug-likeness (QED) is 0.421. The summed E-state index contributed by atoms with van der Waals surface area (Å²) in [6, 6.07) is 0. The molecule has 178 valence electrons. The van der Waals surface area contributed by atoms with Gasteiger partial charge in [0.1, 0.15) is 0 Å². The van der Waals surface area contributed by atoms with Crippen molar-refractivity contribution in [1.29, 1.82) is 0 Å². The van der Waals surface area contributed by atoms with Crippen LogP contribution in [-0.4, -0.2) is 11.2 Å². The van der Waals surface area contributed by atoms with E-state index in [4.69, 9.17) is 0 Å². The molecular formula is C30H52O. The number of aliphatic hydroxyl groups is 1. The minimum Gasteiger partial charge on any atom is -0.393 e. The lowest BCUT2D eigenvalue weighted by Gasteiger charge is -2.62. The Labute approximate surface area is 193 Å².